The Labute approximate surface area is 188 Å². The number of hydrogen-bond acceptors (Lipinski definition) is 6. The van der Waals surface area contributed by atoms with Crippen LogP contribution in [0.25, 0.3) is 0 Å². The van der Waals surface area contributed by atoms with Gasteiger partial charge in [0.05, 0.1) is 25.6 Å². The number of methoxy groups -OCH3 is 2. The van der Waals surface area contributed by atoms with Crippen molar-refractivity contribution in [3.63, 3.8) is 0 Å². The molecule has 0 bridgehead atoms. The summed E-state index contributed by atoms with van der Waals surface area (Å²) < 4.78 is 14.4. The maximum atomic E-state index is 12.0. The molecule has 2 heterocycles. The summed E-state index contributed by atoms with van der Waals surface area (Å²) in [6, 6.07) is 3.90. The molecule has 0 fully saturated rings. The van der Waals surface area contributed by atoms with Crippen LogP contribution in [0.3, 0.4) is 0 Å². The minimum absolute atomic E-state index is 0.599. The van der Waals surface area contributed by atoms with Crippen molar-refractivity contribution in [1.82, 2.24) is 20.0 Å². The van der Waals surface area contributed by atoms with Gasteiger partial charge in [-0.25, -0.2) is 10.9 Å². The second-order valence-electron chi connectivity index (χ2n) is 7.34. The maximum absolute atomic E-state index is 12.0. The second kappa shape index (κ2) is 12.0. The lowest BCUT2D eigenvalue weighted by molar-refractivity contribution is -0.139. The van der Waals surface area contributed by atoms with Crippen LogP contribution in [0.15, 0.2) is 22.3 Å². The van der Waals surface area contributed by atoms with E-state index in [1.807, 2.05) is 39.8 Å². The highest BCUT2D eigenvalue weighted by atomic mass is 16.5. The Morgan fingerprint density at radius 1 is 0.812 bits per heavy atom. The van der Waals surface area contributed by atoms with Crippen LogP contribution in [0.1, 0.15) is 33.9 Å². The Kier molecular flexibility index (Phi) is 9.36. The molecule has 0 aromatic carbocycles. The van der Waals surface area contributed by atoms with Gasteiger partial charge in [-0.3, -0.25) is 9.59 Å². The molecule has 2 rings (SSSR count). The molecule has 0 spiro atoms. The van der Waals surface area contributed by atoms with E-state index in [1.165, 1.54) is 12.4 Å². The highest BCUT2D eigenvalue weighted by Crippen LogP contribution is 2.14. The molecule has 2 N–H and O–H groups in total. The van der Waals surface area contributed by atoms with E-state index < -0.39 is 11.8 Å². The number of hydrogen-bond donors (Lipinski definition) is 2. The van der Waals surface area contributed by atoms with E-state index in [9.17, 15) is 9.59 Å². The third kappa shape index (κ3) is 6.38. The van der Waals surface area contributed by atoms with E-state index in [1.54, 1.807) is 14.2 Å². The SMILES string of the molecule is COCCn1c(C)cc(C=NNC(=O)C(=O)NN=Cc2cc(C)n(CCOC)c2C)c1C. The Balaban J connectivity index is 1.91. The number of aryl methyl sites for hydroxylation is 2. The zero-order valence-corrected chi connectivity index (χ0v) is 19.6. The van der Waals surface area contributed by atoms with Crippen LogP contribution in [0.5, 0.6) is 0 Å². The molecule has 0 atom stereocenters. The van der Waals surface area contributed by atoms with Crippen LogP contribution in [0.4, 0.5) is 0 Å². The van der Waals surface area contributed by atoms with Gasteiger partial charge >= 0.3 is 11.8 Å². The van der Waals surface area contributed by atoms with Gasteiger partial charge in [0.25, 0.3) is 0 Å². The normalized spacial score (nSPS) is 11.6. The molecular weight excluding hydrogens is 412 g/mol. The first-order valence-corrected chi connectivity index (χ1v) is 10.3. The molecule has 0 unspecified atom stereocenters. The molecule has 2 amide bonds. The molecule has 0 radical (unpaired) electrons. The number of carbonyl (C=O) groups is 2. The average molecular weight is 445 g/mol. The molecule has 10 nitrogen and oxygen atoms in total. The Morgan fingerprint density at radius 2 is 1.19 bits per heavy atom. The van der Waals surface area contributed by atoms with Crippen molar-refractivity contribution in [2.75, 3.05) is 27.4 Å². The number of nitrogens with one attached hydrogen (secondary N) is 2. The number of hydrazone groups is 2. The van der Waals surface area contributed by atoms with Crippen LogP contribution in [0.2, 0.25) is 0 Å². The largest absolute Gasteiger partial charge is 0.383 e. The number of nitrogens with zero attached hydrogens (tertiary/aromatic N) is 4. The lowest BCUT2D eigenvalue weighted by Crippen LogP contribution is -2.35. The molecule has 0 aliphatic rings. The van der Waals surface area contributed by atoms with E-state index in [4.69, 9.17) is 9.47 Å². The zero-order valence-electron chi connectivity index (χ0n) is 19.6. The van der Waals surface area contributed by atoms with E-state index in [0.29, 0.717) is 13.2 Å². The van der Waals surface area contributed by atoms with E-state index in [0.717, 1.165) is 47.0 Å². The van der Waals surface area contributed by atoms with Gasteiger partial charge in [-0.15, -0.1) is 0 Å². The number of aromatic nitrogens is 2. The quantitative estimate of drug-likeness (QED) is 0.328. The van der Waals surface area contributed by atoms with Crippen molar-refractivity contribution in [2.24, 2.45) is 10.2 Å². The zero-order chi connectivity index (χ0) is 23.7. The van der Waals surface area contributed by atoms with Crippen LogP contribution in [0, 0.1) is 27.7 Å². The fourth-order valence-electron chi connectivity index (χ4n) is 3.39. The molecule has 0 saturated heterocycles. The summed E-state index contributed by atoms with van der Waals surface area (Å²) in [4.78, 5) is 23.9. The second-order valence-corrected chi connectivity index (χ2v) is 7.34. The van der Waals surface area contributed by atoms with E-state index in [-0.39, 0.29) is 0 Å². The van der Waals surface area contributed by atoms with Gasteiger partial charge in [0, 0.05) is 61.2 Å². The minimum Gasteiger partial charge on any atom is -0.383 e. The Bertz CT molecular complexity index is 922. The van der Waals surface area contributed by atoms with Crippen molar-refractivity contribution < 1.29 is 19.1 Å². The van der Waals surface area contributed by atoms with Gasteiger partial charge in [-0.05, 0) is 39.8 Å². The molecule has 174 valence electrons. The van der Waals surface area contributed by atoms with Crippen molar-refractivity contribution in [3.8, 4) is 0 Å². The van der Waals surface area contributed by atoms with Crippen molar-refractivity contribution in [1.29, 1.82) is 0 Å². The van der Waals surface area contributed by atoms with Gasteiger partial charge in [0.2, 0.25) is 0 Å². The van der Waals surface area contributed by atoms with Gasteiger partial charge in [-0.1, -0.05) is 0 Å². The molecule has 0 saturated carbocycles. The highest BCUT2D eigenvalue weighted by molar-refractivity contribution is 6.35. The molecule has 10 heteroatoms. The predicted octanol–water partition coefficient (Wildman–Crippen LogP) is 1.42. The van der Waals surface area contributed by atoms with Crippen molar-refractivity contribution >= 4 is 24.2 Å². The molecule has 32 heavy (non-hydrogen) atoms. The summed E-state index contributed by atoms with van der Waals surface area (Å²) in [6.07, 6.45) is 3.02. The van der Waals surface area contributed by atoms with Gasteiger partial charge in [0.15, 0.2) is 0 Å². The lowest BCUT2D eigenvalue weighted by atomic mass is 10.3. The number of amides is 2. The molecule has 0 aliphatic heterocycles. The minimum atomic E-state index is -0.905. The van der Waals surface area contributed by atoms with Crippen molar-refractivity contribution in [3.05, 3.63) is 46.0 Å². The predicted molar refractivity (Wildman–Crippen MR) is 123 cm³/mol. The Hall–Kier alpha value is -3.24. The monoisotopic (exact) mass is 444 g/mol. The average Bonchev–Trinajstić information content (AvgIpc) is 3.18. The molecule has 2 aromatic rings. The van der Waals surface area contributed by atoms with Gasteiger partial charge in [0.1, 0.15) is 0 Å². The smallest absolute Gasteiger partial charge is 0.331 e. The fraction of sp³-hybridized carbons (Fsp3) is 0.455. The molecular formula is C22H32N6O4. The number of ether oxygens (including phenoxy) is 2. The van der Waals surface area contributed by atoms with Gasteiger partial charge in [-0.2, -0.15) is 10.2 Å². The molecule has 2 aromatic heterocycles. The highest BCUT2D eigenvalue weighted by Gasteiger charge is 2.13. The summed E-state index contributed by atoms with van der Waals surface area (Å²) in [7, 11) is 3.31. The van der Waals surface area contributed by atoms with E-state index >= 15 is 0 Å². The third-order valence-electron chi connectivity index (χ3n) is 5.21. The van der Waals surface area contributed by atoms with E-state index in [2.05, 4.69) is 30.2 Å². The third-order valence-corrected chi connectivity index (χ3v) is 5.21. The topological polar surface area (TPSA) is 111 Å². The van der Waals surface area contributed by atoms with Crippen LogP contribution in [-0.2, 0) is 32.2 Å². The summed E-state index contributed by atoms with van der Waals surface area (Å²) >= 11 is 0. The summed E-state index contributed by atoms with van der Waals surface area (Å²) in [6.45, 7) is 10.5. The first-order valence-electron chi connectivity index (χ1n) is 10.3. The van der Waals surface area contributed by atoms with Crippen molar-refractivity contribution in [2.45, 2.75) is 40.8 Å². The van der Waals surface area contributed by atoms with Gasteiger partial charge < -0.3 is 18.6 Å². The van der Waals surface area contributed by atoms with Crippen LogP contribution >= 0.6 is 0 Å². The number of rotatable bonds is 10. The summed E-state index contributed by atoms with van der Waals surface area (Å²) in [5, 5.41) is 7.77. The Morgan fingerprint density at radius 3 is 1.53 bits per heavy atom. The lowest BCUT2D eigenvalue weighted by Gasteiger charge is -2.08. The maximum Gasteiger partial charge on any atom is 0.331 e. The first kappa shape index (κ1) is 25.0. The van der Waals surface area contributed by atoms with Crippen LogP contribution in [-0.4, -0.2) is 60.8 Å². The summed E-state index contributed by atoms with van der Waals surface area (Å²) in [5.74, 6) is -1.81. The molecule has 0 aliphatic carbocycles. The number of carbonyl (C=O) groups excluding carboxylic acids is 2. The first-order chi connectivity index (χ1) is 15.3. The summed E-state index contributed by atoms with van der Waals surface area (Å²) in [5.41, 5.74) is 10.2. The van der Waals surface area contributed by atoms with Crippen LogP contribution < -0.4 is 10.9 Å². The fourth-order valence-corrected chi connectivity index (χ4v) is 3.39. The standard InChI is InChI=1S/C22H32N6O4/c1-15-11-19(17(3)27(15)7-9-31-5)13-23-25-21(29)22(30)26-24-14-20-12-16(2)28(18(20)4)8-10-32-6/h11-14H,7-10H2,1-6H3,(H,25,29)(H,26,30).